The Bertz CT molecular complexity index is 745. The highest BCUT2D eigenvalue weighted by Gasteiger charge is 2.14. The largest absolute Gasteiger partial charge is 0.465 e. The molecule has 0 aliphatic heterocycles. The Hall–Kier alpha value is -2.94. The van der Waals surface area contributed by atoms with E-state index in [4.69, 9.17) is 10.00 Å². The van der Waals surface area contributed by atoms with Crippen LogP contribution in [0.1, 0.15) is 12.5 Å². The number of carbonyl (C=O) groups excluding carboxylic acids is 1. The molecule has 2 heterocycles. The highest BCUT2D eigenvalue weighted by atomic mass is 16.5. The van der Waals surface area contributed by atoms with Gasteiger partial charge in [0.05, 0.1) is 18.0 Å². The third-order valence-electron chi connectivity index (χ3n) is 2.81. The van der Waals surface area contributed by atoms with Gasteiger partial charge in [-0.1, -0.05) is 6.07 Å². The lowest BCUT2D eigenvalue weighted by molar-refractivity contribution is -0.143. The Labute approximate surface area is 121 Å². The lowest BCUT2D eigenvalue weighted by atomic mass is 10.2. The summed E-state index contributed by atoms with van der Waals surface area (Å²) >= 11 is 0. The Balaban J connectivity index is 2.56. The van der Waals surface area contributed by atoms with Gasteiger partial charge >= 0.3 is 5.97 Å². The molecule has 6 nitrogen and oxygen atoms in total. The van der Waals surface area contributed by atoms with E-state index >= 15 is 0 Å². The SMILES string of the molecule is CCOC(=O)Cn1c(-c2ccccn2)ccc(C#N)c1=O. The van der Waals surface area contributed by atoms with E-state index in [1.807, 2.05) is 6.07 Å². The summed E-state index contributed by atoms with van der Waals surface area (Å²) in [7, 11) is 0. The minimum Gasteiger partial charge on any atom is -0.465 e. The van der Waals surface area contributed by atoms with Crippen LogP contribution in [0.5, 0.6) is 0 Å². The average Bonchev–Trinajstić information content (AvgIpc) is 2.50. The molecular weight excluding hydrogens is 270 g/mol. The van der Waals surface area contributed by atoms with Gasteiger partial charge in [0.25, 0.3) is 5.56 Å². The minimum atomic E-state index is -0.535. The van der Waals surface area contributed by atoms with E-state index in [1.54, 1.807) is 37.4 Å². The second-order valence-corrected chi connectivity index (χ2v) is 4.16. The van der Waals surface area contributed by atoms with E-state index in [-0.39, 0.29) is 18.7 Å². The molecule has 6 heteroatoms. The van der Waals surface area contributed by atoms with Crippen molar-refractivity contribution in [3.05, 3.63) is 52.4 Å². The summed E-state index contributed by atoms with van der Waals surface area (Å²) < 4.78 is 6.07. The van der Waals surface area contributed by atoms with Gasteiger partial charge in [-0.15, -0.1) is 0 Å². The van der Waals surface area contributed by atoms with Gasteiger partial charge < -0.3 is 4.74 Å². The zero-order valence-electron chi connectivity index (χ0n) is 11.4. The second kappa shape index (κ2) is 6.48. The van der Waals surface area contributed by atoms with Crippen LogP contribution >= 0.6 is 0 Å². The lowest BCUT2D eigenvalue weighted by Crippen LogP contribution is -2.28. The van der Waals surface area contributed by atoms with Gasteiger partial charge in [0.2, 0.25) is 0 Å². The standard InChI is InChI=1S/C15H13N3O3/c1-2-21-14(19)10-18-13(12-5-3-4-8-17-12)7-6-11(9-16)15(18)20/h3-8H,2,10H2,1H3. The quantitative estimate of drug-likeness (QED) is 0.790. The van der Waals surface area contributed by atoms with Crippen molar-refractivity contribution in [2.24, 2.45) is 0 Å². The number of pyridine rings is 2. The number of carbonyl (C=O) groups is 1. The van der Waals surface area contributed by atoms with Crippen LogP contribution < -0.4 is 5.56 Å². The molecule has 0 saturated carbocycles. The number of nitrogens with zero attached hydrogens (tertiary/aromatic N) is 3. The van der Waals surface area contributed by atoms with Gasteiger partial charge in [-0.2, -0.15) is 5.26 Å². The number of ether oxygens (including phenoxy) is 1. The summed E-state index contributed by atoms with van der Waals surface area (Å²) in [6.07, 6.45) is 1.59. The zero-order valence-corrected chi connectivity index (χ0v) is 11.4. The summed E-state index contributed by atoms with van der Waals surface area (Å²) in [5.74, 6) is -0.535. The molecule has 0 unspecified atom stereocenters. The molecule has 0 N–H and O–H groups in total. The van der Waals surface area contributed by atoms with E-state index in [9.17, 15) is 9.59 Å². The van der Waals surface area contributed by atoms with Crippen molar-refractivity contribution in [1.29, 1.82) is 5.26 Å². The lowest BCUT2D eigenvalue weighted by Gasteiger charge is -2.12. The summed E-state index contributed by atoms with van der Waals surface area (Å²) in [5.41, 5.74) is 0.448. The number of hydrogen-bond donors (Lipinski definition) is 0. The first-order valence-electron chi connectivity index (χ1n) is 6.38. The highest BCUT2D eigenvalue weighted by Crippen LogP contribution is 2.15. The van der Waals surface area contributed by atoms with Crippen molar-refractivity contribution < 1.29 is 9.53 Å². The molecule has 0 fully saturated rings. The summed E-state index contributed by atoms with van der Waals surface area (Å²) in [6, 6.07) is 10.1. The van der Waals surface area contributed by atoms with E-state index in [2.05, 4.69) is 4.98 Å². The topological polar surface area (TPSA) is 85.0 Å². The van der Waals surface area contributed by atoms with Gasteiger partial charge in [-0.25, -0.2) is 0 Å². The predicted octanol–water partition coefficient (Wildman–Crippen LogP) is 1.35. The molecule has 0 radical (unpaired) electrons. The van der Waals surface area contributed by atoms with Crippen LogP contribution in [0, 0.1) is 11.3 Å². The predicted molar refractivity (Wildman–Crippen MR) is 75.3 cm³/mol. The van der Waals surface area contributed by atoms with E-state index in [0.717, 1.165) is 0 Å². The third-order valence-corrected chi connectivity index (χ3v) is 2.81. The molecule has 21 heavy (non-hydrogen) atoms. The molecule has 0 spiro atoms. The molecule has 2 aromatic heterocycles. The van der Waals surface area contributed by atoms with Crippen molar-refractivity contribution in [3.63, 3.8) is 0 Å². The number of aromatic nitrogens is 2. The number of hydrogen-bond acceptors (Lipinski definition) is 5. The van der Waals surface area contributed by atoms with Crippen LogP contribution in [0.25, 0.3) is 11.4 Å². The molecule has 0 saturated heterocycles. The first-order valence-corrected chi connectivity index (χ1v) is 6.38. The summed E-state index contributed by atoms with van der Waals surface area (Å²) in [5, 5.41) is 8.95. The van der Waals surface area contributed by atoms with Crippen LogP contribution in [0.3, 0.4) is 0 Å². The third kappa shape index (κ3) is 3.15. The fourth-order valence-corrected chi connectivity index (χ4v) is 1.89. The molecule has 0 aliphatic carbocycles. The number of nitriles is 1. The summed E-state index contributed by atoms with van der Waals surface area (Å²) in [4.78, 5) is 28.1. The molecule has 0 aromatic carbocycles. The Morgan fingerprint density at radius 2 is 2.19 bits per heavy atom. The van der Waals surface area contributed by atoms with Crippen molar-refractivity contribution >= 4 is 5.97 Å². The molecule has 0 atom stereocenters. The first kappa shape index (κ1) is 14.5. The van der Waals surface area contributed by atoms with E-state index in [1.165, 1.54) is 10.6 Å². The Morgan fingerprint density at radius 3 is 2.81 bits per heavy atom. The Kier molecular flexibility index (Phi) is 4.46. The average molecular weight is 283 g/mol. The van der Waals surface area contributed by atoms with E-state index < -0.39 is 11.5 Å². The van der Waals surface area contributed by atoms with Gasteiger partial charge in [-0.05, 0) is 31.2 Å². The van der Waals surface area contributed by atoms with Crippen LogP contribution in [0.4, 0.5) is 0 Å². The van der Waals surface area contributed by atoms with Crippen LogP contribution in [0.2, 0.25) is 0 Å². The van der Waals surface area contributed by atoms with Crippen molar-refractivity contribution in [3.8, 4) is 17.5 Å². The molecule has 0 bridgehead atoms. The number of rotatable bonds is 4. The molecule has 106 valence electrons. The molecular formula is C15H13N3O3. The normalized spacial score (nSPS) is 9.90. The zero-order chi connectivity index (χ0) is 15.2. The smallest absolute Gasteiger partial charge is 0.326 e. The maximum absolute atomic E-state index is 12.2. The maximum atomic E-state index is 12.2. The fraction of sp³-hybridized carbons (Fsp3) is 0.200. The van der Waals surface area contributed by atoms with Crippen LogP contribution in [-0.4, -0.2) is 22.1 Å². The molecule has 2 rings (SSSR count). The van der Waals surface area contributed by atoms with Gasteiger partial charge in [0.1, 0.15) is 18.2 Å². The van der Waals surface area contributed by atoms with Crippen molar-refractivity contribution in [1.82, 2.24) is 9.55 Å². The van der Waals surface area contributed by atoms with E-state index in [0.29, 0.717) is 11.4 Å². The fourth-order valence-electron chi connectivity index (χ4n) is 1.89. The van der Waals surface area contributed by atoms with Gasteiger partial charge in [0, 0.05) is 6.20 Å². The van der Waals surface area contributed by atoms with Crippen molar-refractivity contribution in [2.75, 3.05) is 6.61 Å². The number of esters is 1. The monoisotopic (exact) mass is 283 g/mol. The van der Waals surface area contributed by atoms with Crippen LogP contribution in [0.15, 0.2) is 41.3 Å². The Morgan fingerprint density at radius 1 is 1.38 bits per heavy atom. The molecule has 0 amide bonds. The first-order chi connectivity index (χ1) is 10.2. The molecule has 0 aliphatic rings. The highest BCUT2D eigenvalue weighted by molar-refractivity contribution is 5.70. The second-order valence-electron chi connectivity index (χ2n) is 4.16. The van der Waals surface area contributed by atoms with Crippen molar-refractivity contribution in [2.45, 2.75) is 13.5 Å². The van der Waals surface area contributed by atoms with Gasteiger partial charge in [0.15, 0.2) is 0 Å². The summed E-state index contributed by atoms with van der Waals surface area (Å²) in [6.45, 7) is 1.66. The van der Waals surface area contributed by atoms with Crippen LogP contribution in [-0.2, 0) is 16.1 Å². The molecule has 2 aromatic rings. The maximum Gasteiger partial charge on any atom is 0.326 e. The minimum absolute atomic E-state index is 0.0287. The van der Waals surface area contributed by atoms with Gasteiger partial charge in [-0.3, -0.25) is 19.1 Å².